The summed E-state index contributed by atoms with van der Waals surface area (Å²) in [5.41, 5.74) is 2.26. The number of nitrogens with zero attached hydrogens (tertiary/aromatic N) is 2. The van der Waals surface area contributed by atoms with Crippen molar-refractivity contribution in [3.63, 3.8) is 0 Å². The van der Waals surface area contributed by atoms with Crippen LogP contribution in [0.15, 0.2) is 48.7 Å². The number of amides is 1. The highest BCUT2D eigenvalue weighted by atomic mass is 16.5. The van der Waals surface area contributed by atoms with Crippen molar-refractivity contribution in [2.24, 2.45) is 0 Å². The van der Waals surface area contributed by atoms with Crippen LogP contribution >= 0.6 is 0 Å². The van der Waals surface area contributed by atoms with Crippen LogP contribution < -0.4 is 20.7 Å². The fraction of sp³-hybridized carbons (Fsp3) is 0.286. The van der Waals surface area contributed by atoms with Gasteiger partial charge >= 0.3 is 0 Å². The second kappa shape index (κ2) is 7.09. The first-order chi connectivity index (χ1) is 13.7. The molecule has 2 fully saturated rings. The van der Waals surface area contributed by atoms with Gasteiger partial charge < -0.3 is 20.7 Å². The summed E-state index contributed by atoms with van der Waals surface area (Å²) in [5, 5.41) is 10.3. The maximum Gasteiger partial charge on any atom is 0.251 e. The van der Waals surface area contributed by atoms with Crippen LogP contribution in [0.3, 0.4) is 0 Å². The van der Waals surface area contributed by atoms with Gasteiger partial charge in [-0.2, -0.15) is 0 Å². The molecule has 7 heteroatoms. The molecule has 7 nitrogen and oxygen atoms in total. The Morgan fingerprint density at radius 1 is 1.11 bits per heavy atom. The number of fused-ring (bicyclic) bond motifs is 1. The Bertz CT molecular complexity index is 1010. The van der Waals surface area contributed by atoms with Crippen molar-refractivity contribution in [2.75, 3.05) is 18.4 Å². The molecule has 1 aliphatic carbocycles. The lowest BCUT2D eigenvalue weighted by Crippen LogP contribution is -2.50. The van der Waals surface area contributed by atoms with Gasteiger partial charge in [0.25, 0.3) is 5.91 Å². The van der Waals surface area contributed by atoms with Crippen molar-refractivity contribution in [3.8, 4) is 5.75 Å². The molecule has 3 aromatic rings. The van der Waals surface area contributed by atoms with Crippen LogP contribution in [-0.4, -0.2) is 41.1 Å². The van der Waals surface area contributed by atoms with E-state index < -0.39 is 0 Å². The van der Waals surface area contributed by atoms with Crippen LogP contribution in [0.1, 0.15) is 23.2 Å². The number of rotatable bonds is 6. The monoisotopic (exact) mass is 375 g/mol. The minimum atomic E-state index is -0.0247. The van der Waals surface area contributed by atoms with Gasteiger partial charge in [-0.1, -0.05) is 12.1 Å². The van der Waals surface area contributed by atoms with E-state index in [1.807, 2.05) is 30.3 Å². The Labute approximate surface area is 162 Å². The van der Waals surface area contributed by atoms with Crippen molar-refractivity contribution in [1.29, 1.82) is 0 Å². The molecule has 0 atom stereocenters. The molecule has 0 bridgehead atoms. The Morgan fingerprint density at radius 3 is 2.64 bits per heavy atom. The van der Waals surface area contributed by atoms with E-state index in [1.54, 1.807) is 18.3 Å². The topological polar surface area (TPSA) is 88.2 Å². The molecule has 2 heterocycles. The summed E-state index contributed by atoms with van der Waals surface area (Å²) < 4.78 is 6.02. The van der Waals surface area contributed by atoms with E-state index in [9.17, 15) is 4.79 Å². The van der Waals surface area contributed by atoms with E-state index in [0.29, 0.717) is 17.6 Å². The molecule has 0 unspecified atom stereocenters. The van der Waals surface area contributed by atoms with Crippen LogP contribution in [0.2, 0.25) is 0 Å². The quantitative estimate of drug-likeness (QED) is 0.614. The molecular weight excluding hydrogens is 354 g/mol. The van der Waals surface area contributed by atoms with E-state index in [1.165, 1.54) is 0 Å². The average molecular weight is 375 g/mol. The molecule has 28 heavy (non-hydrogen) atoms. The van der Waals surface area contributed by atoms with Crippen LogP contribution in [0.5, 0.6) is 5.75 Å². The van der Waals surface area contributed by atoms with Gasteiger partial charge in [0.05, 0.1) is 0 Å². The summed E-state index contributed by atoms with van der Waals surface area (Å²) in [4.78, 5) is 21.1. The molecule has 1 aliphatic heterocycles. The number of aromatic nitrogens is 2. The molecule has 1 aromatic heterocycles. The summed E-state index contributed by atoms with van der Waals surface area (Å²) >= 11 is 0. The van der Waals surface area contributed by atoms with E-state index in [0.717, 1.165) is 48.3 Å². The SMILES string of the molecule is O=C(NC1CC1)c1ccc(Nc2ncc3cccc(OC4CNC4)c3n2)cc1. The Kier molecular flexibility index (Phi) is 4.29. The highest BCUT2D eigenvalue weighted by Crippen LogP contribution is 2.26. The summed E-state index contributed by atoms with van der Waals surface area (Å²) in [6.45, 7) is 1.71. The number of ether oxygens (including phenoxy) is 1. The number of nitrogens with one attached hydrogen (secondary N) is 3. The van der Waals surface area contributed by atoms with Crippen LogP contribution in [0.4, 0.5) is 11.6 Å². The van der Waals surface area contributed by atoms with Gasteiger partial charge in [-0.05, 0) is 43.2 Å². The van der Waals surface area contributed by atoms with Crippen molar-refractivity contribution in [2.45, 2.75) is 25.0 Å². The lowest BCUT2D eigenvalue weighted by Gasteiger charge is -2.28. The highest BCUT2D eigenvalue weighted by Gasteiger charge is 2.23. The van der Waals surface area contributed by atoms with Crippen LogP contribution in [0, 0.1) is 0 Å². The standard InChI is InChI=1S/C21H21N5O2/c27-20(24-15-8-9-15)13-4-6-16(7-5-13)25-21-23-10-14-2-1-3-18(19(14)26-21)28-17-11-22-12-17/h1-7,10,15,17,22H,8-9,11-12H2,(H,24,27)(H,23,25,26). The molecule has 1 amide bonds. The van der Waals surface area contributed by atoms with Gasteiger partial charge in [0.15, 0.2) is 0 Å². The molecule has 2 aliphatic rings. The molecule has 1 saturated heterocycles. The number of hydrogen-bond acceptors (Lipinski definition) is 6. The predicted octanol–water partition coefficient (Wildman–Crippen LogP) is 2.62. The average Bonchev–Trinajstić information content (AvgIpc) is 3.49. The van der Waals surface area contributed by atoms with Crippen LogP contribution in [0.25, 0.3) is 10.9 Å². The molecule has 3 N–H and O–H groups in total. The smallest absolute Gasteiger partial charge is 0.251 e. The zero-order valence-electron chi connectivity index (χ0n) is 15.3. The number of carbonyl (C=O) groups excluding carboxylic acids is 1. The zero-order valence-corrected chi connectivity index (χ0v) is 15.3. The maximum absolute atomic E-state index is 12.1. The number of hydrogen-bond donors (Lipinski definition) is 3. The van der Waals surface area contributed by atoms with Crippen molar-refractivity contribution < 1.29 is 9.53 Å². The first-order valence-electron chi connectivity index (χ1n) is 9.56. The van der Waals surface area contributed by atoms with Crippen molar-refractivity contribution in [3.05, 3.63) is 54.2 Å². The number of anilines is 2. The molecule has 0 spiro atoms. The number of para-hydroxylation sites is 1. The predicted molar refractivity (Wildman–Crippen MR) is 107 cm³/mol. The molecule has 2 aromatic carbocycles. The van der Waals surface area contributed by atoms with Gasteiger partial charge in [-0.15, -0.1) is 0 Å². The van der Waals surface area contributed by atoms with Crippen molar-refractivity contribution >= 4 is 28.4 Å². The van der Waals surface area contributed by atoms with Gasteiger partial charge in [-0.3, -0.25) is 4.79 Å². The minimum Gasteiger partial charge on any atom is -0.485 e. The molecule has 5 rings (SSSR count). The summed E-state index contributed by atoms with van der Waals surface area (Å²) in [6.07, 6.45) is 4.13. The Balaban J connectivity index is 1.34. The third-order valence-electron chi connectivity index (χ3n) is 4.93. The van der Waals surface area contributed by atoms with Gasteiger partial charge in [-0.25, -0.2) is 9.97 Å². The summed E-state index contributed by atoms with van der Waals surface area (Å²) in [7, 11) is 0. The second-order valence-corrected chi connectivity index (χ2v) is 7.24. The molecule has 0 radical (unpaired) electrons. The fourth-order valence-electron chi connectivity index (χ4n) is 3.04. The third-order valence-corrected chi connectivity index (χ3v) is 4.93. The lowest BCUT2D eigenvalue weighted by molar-refractivity contribution is 0.0951. The van der Waals surface area contributed by atoms with Gasteiger partial charge in [0.2, 0.25) is 5.95 Å². The minimum absolute atomic E-state index is 0.0247. The van der Waals surface area contributed by atoms with Gasteiger partial charge in [0.1, 0.15) is 17.4 Å². The second-order valence-electron chi connectivity index (χ2n) is 7.24. The van der Waals surface area contributed by atoms with E-state index in [2.05, 4.69) is 25.9 Å². The largest absolute Gasteiger partial charge is 0.485 e. The molecule has 1 saturated carbocycles. The maximum atomic E-state index is 12.1. The van der Waals surface area contributed by atoms with E-state index in [4.69, 9.17) is 4.74 Å². The van der Waals surface area contributed by atoms with E-state index in [-0.39, 0.29) is 12.0 Å². The molecule has 142 valence electrons. The van der Waals surface area contributed by atoms with E-state index >= 15 is 0 Å². The summed E-state index contributed by atoms with van der Waals surface area (Å²) in [5.74, 6) is 1.23. The Morgan fingerprint density at radius 2 is 1.93 bits per heavy atom. The first-order valence-corrected chi connectivity index (χ1v) is 9.56. The third kappa shape index (κ3) is 3.61. The highest BCUT2D eigenvalue weighted by molar-refractivity contribution is 5.95. The van der Waals surface area contributed by atoms with Crippen LogP contribution in [-0.2, 0) is 0 Å². The first kappa shape index (κ1) is 16.9. The number of benzene rings is 2. The zero-order chi connectivity index (χ0) is 18.9. The molecular formula is C21H21N5O2. The number of carbonyl (C=O) groups is 1. The Hall–Kier alpha value is -3.19. The lowest BCUT2D eigenvalue weighted by atomic mass is 10.2. The summed E-state index contributed by atoms with van der Waals surface area (Å²) in [6, 6.07) is 13.5. The van der Waals surface area contributed by atoms with Gasteiger partial charge in [0, 0.05) is 42.0 Å². The normalized spacial score (nSPS) is 16.4. The fourth-order valence-corrected chi connectivity index (χ4v) is 3.04. The van der Waals surface area contributed by atoms with Crippen molar-refractivity contribution in [1.82, 2.24) is 20.6 Å².